The van der Waals surface area contributed by atoms with Crippen LogP contribution in [0.4, 0.5) is 5.69 Å². The summed E-state index contributed by atoms with van der Waals surface area (Å²) >= 11 is 0. The lowest BCUT2D eigenvalue weighted by Crippen LogP contribution is -2.42. The third-order valence-corrected chi connectivity index (χ3v) is 3.55. The lowest BCUT2D eigenvalue weighted by atomic mass is 9.97. The van der Waals surface area contributed by atoms with E-state index in [0.717, 1.165) is 30.6 Å². The fourth-order valence-corrected chi connectivity index (χ4v) is 2.45. The maximum absolute atomic E-state index is 12.4. The van der Waals surface area contributed by atoms with Gasteiger partial charge in [-0.25, -0.2) is 4.79 Å². The van der Waals surface area contributed by atoms with Crippen molar-refractivity contribution in [1.82, 2.24) is 5.32 Å². The van der Waals surface area contributed by atoms with E-state index in [1.54, 1.807) is 12.1 Å². The first-order valence-electron chi connectivity index (χ1n) is 7.02. The predicted molar refractivity (Wildman–Crippen MR) is 78.6 cm³/mol. The van der Waals surface area contributed by atoms with Crippen molar-refractivity contribution in [3.63, 3.8) is 0 Å². The number of methoxy groups -OCH3 is 1. The van der Waals surface area contributed by atoms with Gasteiger partial charge in [-0.15, -0.1) is 0 Å². The largest absolute Gasteiger partial charge is 0.480 e. The molecular formula is C15H20N2O4. The predicted octanol–water partition coefficient (Wildman–Crippen LogP) is 1.26. The number of anilines is 1. The van der Waals surface area contributed by atoms with Gasteiger partial charge in [0.15, 0.2) is 0 Å². The Labute approximate surface area is 123 Å². The van der Waals surface area contributed by atoms with Crippen LogP contribution in [0.25, 0.3) is 0 Å². The van der Waals surface area contributed by atoms with Crippen molar-refractivity contribution in [2.24, 2.45) is 0 Å². The molecule has 1 amide bonds. The molecule has 0 aliphatic carbocycles. The zero-order chi connectivity index (χ0) is 15.2. The van der Waals surface area contributed by atoms with Gasteiger partial charge in [-0.2, -0.15) is 0 Å². The topological polar surface area (TPSA) is 87.7 Å². The van der Waals surface area contributed by atoms with E-state index < -0.39 is 12.0 Å². The minimum Gasteiger partial charge on any atom is -0.480 e. The van der Waals surface area contributed by atoms with Gasteiger partial charge in [-0.3, -0.25) is 4.79 Å². The molecule has 1 heterocycles. The SMILES string of the molecule is COCCC(NC(=O)c1cccc2c1CCCN2)C(=O)O. The molecule has 0 radical (unpaired) electrons. The van der Waals surface area contributed by atoms with Gasteiger partial charge in [0.2, 0.25) is 0 Å². The fourth-order valence-electron chi connectivity index (χ4n) is 2.45. The lowest BCUT2D eigenvalue weighted by Gasteiger charge is -2.21. The second-order valence-corrected chi connectivity index (χ2v) is 5.01. The molecule has 0 spiro atoms. The number of carbonyl (C=O) groups excluding carboxylic acids is 1. The summed E-state index contributed by atoms with van der Waals surface area (Å²) in [5.74, 6) is -1.40. The molecule has 6 heteroatoms. The van der Waals surface area contributed by atoms with E-state index in [-0.39, 0.29) is 18.9 Å². The molecule has 114 valence electrons. The summed E-state index contributed by atoms with van der Waals surface area (Å²) in [5, 5.41) is 15.0. The number of rotatable bonds is 6. The maximum atomic E-state index is 12.4. The summed E-state index contributed by atoms with van der Waals surface area (Å²) in [5.41, 5.74) is 2.46. The number of hydrogen-bond acceptors (Lipinski definition) is 4. The zero-order valence-electron chi connectivity index (χ0n) is 12.0. The van der Waals surface area contributed by atoms with Gasteiger partial charge in [-0.1, -0.05) is 6.07 Å². The summed E-state index contributed by atoms with van der Waals surface area (Å²) in [7, 11) is 1.50. The Morgan fingerprint density at radius 3 is 3.00 bits per heavy atom. The van der Waals surface area contributed by atoms with E-state index >= 15 is 0 Å². The van der Waals surface area contributed by atoms with Crippen LogP contribution >= 0.6 is 0 Å². The van der Waals surface area contributed by atoms with Gasteiger partial charge in [-0.05, 0) is 30.5 Å². The number of aliphatic carboxylic acids is 1. The number of benzene rings is 1. The Morgan fingerprint density at radius 2 is 2.29 bits per heavy atom. The maximum Gasteiger partial charge on any atom is 0.326 e. The van der Waals surface area contributed by atoms with Gasteiger partial charge >= 0.3 is 5.97 Å². The zero-order valence-corrected chi connectivity index (χ0v) is 12.0. The molecule has 21 heavy (non-hydrogen) atoms. The molecule has 0 fully saturated rings. The molecule has 1 aliphatic heterocycles. The Morgan fingerprint density at radius 1 is 1.48 bits per heavy atom. The molecule has 0 saturated carbocycles. The van der Waals surface area contributed by atoms with Crippen LogP contribution in [0.1, 0.15) is 28.8 Å². The Balaban J connectivity index is 2.14. The minimum atomic E-state index is -1.05. The smallest absolute Gasteiger partial charge is 0.326 e. The van der Waals surface area contributed by atoms with Gasteiger partial charge in [0.25, 0.3) is 5.91 Å². The van der Waals surface area contributed by atoms with Crippen molar-refractivity contribution in [2.45, 2.75) is 25.3 Å². The Bertz CT molecular complexity index is 530. The number of carbonyl (C=O) groups is 2. The summed E-state index contributed by atoms with van der Waals surface area (Å²) in [6, 6.07) is 4.53. The van der Waals surface area contributed by atoms with E-state index in [9.17, 15) is 9.59 Å². The number of carboxylic acids is 1. The van der Waals surface area contributed by atoms with Gasteiger partial charge < -0.3 is 20.5 Å². The molecule has 1 unspecified atom stereocenters. The number of hydrogen-bond donors (Lipinski definition) is 3. The van der Waals surface area contributed by atoms with Gasteiger partial charge in [0.05, 0.1) is 0 Å². The van der Waals surface area contributed by atoms with E-state index in [1.165, 1.54) is 7.11 Å². The fraction of sp³-hybridized carbons (Fsp3) is 0.467. The number of amides is 1. The average Bonchev–Trinajstić information content (AvgIpc) is 2.50. The highest BCUT2D eigenvalue weighted by atomic mass is 16.5. The van der Waals surface area contributed by atoms with Crippen LogP contribution < -0.4 is 10.6 Å². The molecule has 0 aromatic heterocycles. The van der Waals surface area contributed by atoms with Crippen molar-refractivity contribution in [3.8, 4) is 0 Å². The number of fused-ring (bicyclic) bond motifs is 1. The monoisotopic (exact) mass is 292 g/mol. The van der Waals surface area contributed by atoms with Crippen molar-refractivity contribution in [3.05, 3.63) is 29.3 Å². The minimum absolute atomic E-state index is 0.241. The first-order chi connectivity index (χ1) is 10.1. The van der Waals surface area contributed by atoms with Crippen molar-refractivity contribution in [1.29, 1.82) is 0 Å². The second kappa shape index (κ2) is 7.08. The lowest BCUT2D eigenvalue weighted by molar-refractivity contribution is -0.139. The van der Waals surface area contributed by atoms with E-state index in [4.69, 9.17) is 9.84 Å². The van der Waals surface area contributed by atoms with E-state index in [2.05, 4.69) is 10.6 Å². The van der Waals surface area contributed by atoms with Crippen LogP contribution in [0, 0.1) is 0 Å². The van der Waals surface area contributed by atoms with Crippen molar-refractivity contribution >= 4 is 17.6 Å². The molecular weight excluding hydrogens is 272 g/mol. The summed E-state index contributed by atoms with van der Waals surface area (Å²) < 4.78 is 4.88. The first-order valence-corrected chi connectivity index (χ1v) is 7.02. The molecule has 6 nitrogen and oxygen atoms in total. The Hall–Kier alpha value is -2.08. The number of ether oxygens (including phenoxy) is 1. The molecule has 3 N–H and O–H groups in total. The van der Waals surface area contributed by atoms with Crippen LogP contribution in [0.5, 0.6) is 0 Å². The highest BCUT2D eigenvalue weighted by Crippen LogP contribution is 2.25. The van der Waals surface area contributed by atoms with Crippen molar-refractivity contribution in [2.75, 3.05) is 25.6 Å². The molecule has 1 aliphatic rings. The molecule has 1 aromatic rings. The highest BCUT2D eigenvalue weighted by molar-refractivity contribution is 5.99. The summed E-state index contributed by atoms with van der Waals surface area (Å²) in [6.07, 6.45) is 2.02. The average molecular weight is 292 g/mol. The molecule has 1 aromatic carbocycles. The number of nitrogens with one attached hydrogen (secondary N) is 2. The van der Waals surface area contributed by atoms with Crippen LogP contribution in [0.2, 0.25) is 0 Å². The number of carboxylic acid groups (broad SMARTS) is 1. The summed E-state index contributed by atoms with van der Waals surface area (Å²) in [4.78, 5) is 23.5. The molecule has 0 saturated heterocycles. The van der Waals surface area contributed by atoms with Crippen LogP contribution in [-0.2, 0) is 16.0 Å². The normalized spacial score (nSPS) is 14.7. The molecule has 0 bridgehead atoms. The van der Waals surface area contributed by atoms with E-state index in [0.29, 0.717) is 5.56 Å². The van der Waals surface area contributed by atoms with Crippen LogP contribution in [-0.4, -0.2) is 43.3 Å². The van der Waals surface area contributed by atoms with Crippen molar-refractivity contribution < 1.29 is 19.4 Å². The highest BCUT2D eigenvalue weighted by Gasteiger charge is 2.23. The standard InChI is InChI=1S/C15H20N2O4/c1-21-9-7-13(15(19)20)17-14(18)11-4-2-6-12-10(11)5-3-8-16-12/h2,4,6,13,16H,3,5,7-9H2,1H3,(H,17,18)(H,19,20). The van der Waals surface area contributed by atoms with E-state index in [1.807, 2.05) is 6.07 Å². The second-order valence-electron chi connectivity index (χ2n) is 5.01. The van der Waals surface area contributed by atoms with Gasteiger partial charge in [0, 0.05) is 37.9 Å². The van der Waals surface area contributed by atoms with Crippen LogP contribution in [0.3, 0.4) is 0 Å². The van der Waals surface area contributed by atoms with Gasteiger partial charge in [0.1, 0.15) is 6.04 Å². The molecule has 1 atom stereocenters. The third-order valence-electron chi connectivity index (χ3n) is 3.55. The first kappa shape index (κ1) is 15.3. The molecule has 2 rings (SSSR count). The summed E-state index contributed by atoms with van der Waals surface area (Å²) in [6.45, 7) is 1.18. The Kier molecular flexibility index (Phi) is 5.16. The quantitative estimate of drug-likeness (QED) is 0.735. The van der Waals surface area contributed by atoms with Crippen LogP contribution in [0.15, 0.2) is 18.2 Å². The third kappa shape index (κ3) is 3.72.